The fourth-order valence-electron chi connectivity index (χ4n) is 2.40. The molecule has 0 atom stereocenters. The van der Waals surface area contributed by atoms with E-state index >= 15 is 0 Å². The first-order valence-electron chi connectivity index (χ1n) is 5.84. The van der Waals surface area contributed by atoms with Gasteiger partial charge in [-0.3, -0.25) is 0 Å². The minimum Gasteiger partial charge on any atom is -0.328 e. The number of halogens is 2. The Hall–Kier alpha value is -0.600. The summed E-state index contributed by atoms with van der Waals surface area (Å²) in [5.74, 6) is 0.423. The minimum atomic E-state index is -0.140. The predicted molar refractivity (Wildman–Crippen MR) is 65.0 cm³/mol. The first kappa shape index (κ1) is 11.9. The van der Waals surface area contributed by atoms with Crippen molar-refractivity contribution in [2.75, 3.05) is 0 Å². The van der Waals surface area contributed by atoms with Crippen LogP contribution in [0, 0.1) is 11.7 Å². The summed E-state index contributed by atoms with van der Waals surface area (Å²) >= 11 is 5.87. The van der Waals surface area contributed by atoms with Crippen molar-refractivity contribution in [2.45, 2.75) is 38.1 Å². The zero-order valence-electron chi connectivity index (χ0n) is 9.26. The summed E-state index contributed by atoms with van der Waals surface area (Å²) in [5.41, 5.74) is 6.59. The summed E-state index contributed by atoms with van der Waals surface area (Å²) < 4.78 is 13.5. The lowest BCUT2D eigenvalue weighted by atomic mass is 9.83. The zero-order chi connectivity index (χ0) is 11.5. The molecule has 1 fully saturated rings. The molecule has 0 radical (unpaired) electrons. The average molecular weight is 242 g/mol. The van der Waals surface area contributed by atoms with Gasteiger partial charge in [0.15, 0.2) is 0 Å². The summed E-state index contributed by atoms with van der Waals surface area (Å²) in [6, 6.07) is 5.13. The van der Waals surface area contributed by atoms with Crippen LogP contribution in [-0.4, -0.2) is 6.04 Å². The molecule has 0 unspecified atom stereocenters. The third-order valence-corrected chi connectivity index (χ3v) is 3.64. The van der Waals surface area contributed by atoms with Crippen LogP contribution in [-0.2, 0) is 6.42 Å². The van der Waals surface area contributed by atoms with Crippen molar-refractivity contribution >= 4 is 11.6 Å². The summed E-state index contributed by atoms with van der Waals surface area (Å²) in [4.78, 5) is 0. The molecule has 2 rings (SSSR count). The number of nitrogens with two attached hydrogens (primary N) is 1. The fraction of sp³-hybridized carbons (Fsp3) is 0.538. The molecule has 0 aromatic heterocycles. The summed E-state index contributed by atoms with van der Waals surface area (Å²) in [6.45, 7) is 0. The van der Waals surface area contributed by atoms with Gasteiger partial charge < -0.3 is 5.73 Å². The Morgan fingerprint density at radius 1 is 1.25 bits per heavy atom. The average Bonchev–Trinajstić information content (AvgIpc) is 2.27. The largest absolute Gasteiger partial charge is 0.328 e. The van der Waals surface area contributed by atoms with Gasteiger partial charge in [0.1, 0.15) is 5.82 Å². The van der Waals surface area contributed by atoms with Crippen LogP contribution in [0.15, 0.2) is 18.2 Å². The van der Waals surface area contributed by atoms with E-state index in [1.54, 1.807) is 12.1 Å². The van der Waals surface area contributed by atoms with Crippen molar-refractivity contribution in [1.29, 1.82) is 0 Å². The highest BCUT2D eigenvalue weighted by atomic mass is 35.5. The standard InChI is InChI=1S/C13H17ClFN/c14-11-3-6-13(15)10(8-11)7-9-1-4-12(16)5-2-9/h3,6,8-9,12H,1-2,4-5,7,16H2. The second-order valence-electron chi connectivity index (χ2n) is 4.72. The van der Waals surface area contributed by atoms with Gasteiger partial charge in [-0.05, 0) is 61.8 Å². The molecule has 16 heavy (non-hydrogen) atoms. The second-order valence-corrected chi connectivity index (χ2v) is 5.16. The van der Waals surface area contributed by atoms with E-state index in [1.165, 1.54) is 6.07 Å². The number of hydrogen-bond donors (Lipinski definition) is 1. The molecule has 1 aliphatic carbocycles. The molecule has 0 bridgehead atoms. The number of benzene rings is 1. The van der Waals surface area contributed by atoms with Crippen molar-refractivity contribution in [3.05, 3.63) is 34.6 Å². The van der Waals surface area contributed by atoms with Gasteiger partial charge in [-0.1, -0.05) is 11.6 Å². The van der Waals surface area contributed by atoms with Crippen molar-refractivity contribution in [2.24, 2.45) is 11.7 Å². The molecule has 0 aliphatic heterocycles. The second kappa shape index (κ2) is 5.15. The lowest BCUT2D eigenvalue weighted by Crippen LogP contribution is -2.27. The van der Waals surface area contributed by atoms with E-state index in [1.807, 2.05) is 0 Å². The van der Waals surface area contributed by atoms with Gasteiger partial charge >= 0.3 is 0 Å². The fourth-order valence-corrected chi connectivity index (χ4v) is 2.60. The maximum absolute atomic E-state index is 13.5. The summed E-state index contributed by atoms with van der Waals surface area (Å²) in [6.07, 6.45) is 5.12. The van der Waals surface area contributed by atoms with E-state index in [0.29, 0.717) is 17.0 Å². The Morgan fingerprint density at radius 3 is 2.62 bits per heavy atom. The van der Waals surface area contributed by atoms with Crippen molar-refractivity contribution in [1.82, 2.24) is 0 Å². The van der Waals surface area contributed by atoms with E-state index in [2.05, 4.69) is 0 Å². The Kier molecular flexibility index (Phi) is 3.82. The Morgan fingerprint density at radius 2 is 1.94 bits per heavy atom. The van der Waals surface area contributed by atoms with Crippen molar-refractivity contribution in [3.8, 4) is 0 Å². The number of rotatable bonds is 2. The third kappa shape index (κ3) is 2.96. The van der Waals surface area contributed by atoms with E-state index in [9.17, 15) is 4.39 Å². The summed E-state index contributed by atoms with van der Waals surface area (Å²) in [5, 5.41) is 0.615. The van der Waals surface area contributed by atoms with Crippen LogP contribution >= 0.6 is 11.6 Å². The molecule has 0 heterocycles. The van der Waals surface area contributed by atoms with Crippen LogP contribution in [0.4, 0.5) is 4.39 Å². The topological polar surface area (TPSA) is 26.0 Å². The zero-order valence-corrected chi connectivity index (χ0v) is 10.0. The van der Waals surface area contributed by atoms with Crippen LogP contribution in [0.2, 0.25) is 5.02 Å². The Balaban J connectivity index is 2.00. The van der Waals surface area contributed by atoms with Gasteiger partial charge in [-0.15, -0.1) is 0 Å². The van der Waals surface area contributed by atoms with Gasteiger partial charge in [0, 0.05) is 11.1 Å². The molecule has 3 heteroatoms. The highest BCUT2D eigenvalue weighted by molar-refractivity contribution is 6.30. The van der Waals surface area contributed by atoms with E-state index in [0.717, 1.165) is 37.7 Å². The molecule has 1 aliphatic rings. The third-order valence-electron chi connectivity index (χ3n) is 3.41. The van der Waals surface area contributed by atoms with Crippen LogP contribution in [0.1, 0.15) is 31.2 Å². The molecule has 0 spiro atoms. The maximum Gasteiger partial charge on any atom is 0.126 e. The molecule has 0 amide bonds. The molecule has 1 nitrogen and oxygen atoms in total. The minimum absolute atomic E-state index is 0.140. The van der Waals surface area contributed by atoms with Gasteiger partial charge in [0.05, 0.1) is 0 Å². The Bertz CT molecular complexity index is 359. The number of hydrogen-bond acceptors (Lipinski definition) is 1. The van der Waals surface area contributed by atoms with E-state index in [-0.39, 0.29) is 5.82 Å². The monoisotopic (exact) mass is 241 g/mol. The molecule has 0 saturated heterocycles. The van der Waals surface area contributed by atoms with Gasteiger partial charge in [-0.2, -0.15) is 0 Å². The van der Waals surface area contributed by atoms with Crippen LogP contribution in [0.25, 0.3) is 0 Å². The molecule has 1 saturated carbocycles. The lowest BCUT2D eigenvalue weighted by Gasteiger charge is -2.26. The predicted octanol–water partition coefficient (Wildman–Crippen LogP) is 3.54. The van der Waals surface area contributed by atoms with Gasteiger partial charge in [0.2, 0.25) is 0 Å². The van der Waals surface area contributed by atoms with Crippen LogP contribution < -0.4 is 5.73 Å². The van der Waals surface area contributed by atoms with Gasteiger partial charge in [-0.25, -0.2) is 4.39 Å². The SMILES string of the molecule is NC1CCC(Cc2cc(Cl)ccc2F)CC1. The molecule has 88 valence electrons. The molecule has 2 N–H and O–H groups in total. The van der Waals surface area contributed by atoms with Crippen molar-refractivity contribution in [3.63, 3.8) is 0 Å². The molecule has 1 aromatic rings. The smallest absolute Gasteiger partial charge is 0.126 e. The maximum atomic E-state index is 13.5. The molecular formula is C13H17ClFN. The van der Waals surface area contributed by atoms with Crippen molar-refractivity contribution < 1.29 is 4.39 Å². The van der Waals surface area contributed by atoms with Gasteiger partial charge in [0.25, 0.3) is 0 Å². The van der Waals surface area contributed by atoms with Crippen LogP contribution in [0.3, 0.4) is 0 Å². The lowest BCUT2D eigenvalue weighted by molar-refractivity contribution is 0.322. The quantitative estimate of drug-likeness (QED) is 0.842. The van der Waals surface area contributed by atoms with E-state index < -0.39 is 0 Å². The van der Waals surface area contributed by atoms with E-state index in [4.69, 9.17) is 17.3 Å². The Labute approximate surface area is 101 Å². The molecular weight excluding hydrogens is 225 g/mol. The highest BCUT2D eigenvalue weighted by Gasteiger charge is 2.19. The normalized spacial score (nSPS) is 25.7. The summed E-state index contributed by atoms with van der Waals surface area (Å²) in [7, 11) is 0. The van der Waals surface area contributed by atoms with Crippen LogP contribution in [0.5, 0.6) is 0 Å². The highest BCUT2D eigenvalue weighted by Crippen LogP contribution is 2.28. The first-order valence-corrected chi connectivity index (χ1v) is 6.22. The first-order chi connectivity index (χ1) is 7.65. The molecule has 1 aromatic carbocycles.